The summed E-state index contributed by atoms with van der Waals surface area (Å²) in [6.07, 6.45) is 9.98. The summed E-state index contributed by atoms with van der Waals surface area (Å²) in [7, 11) is 0. The van der Waals surface area contributed by atoms with E-state index in [0.29, 0.717) is 0 Å². The van der Waals surface area contributed by atoms with Gasteiger partial charge in [0.15, 0.2) is 0 Å². The zero-order valence-electron chi connectivity index (χ0n) is 33.2. The summed E-state index contributed by atoms with van der Waals surface area (Å²) in [5.74, 6) is 0. The van der Waals surface area contributed by atoms with Gasteiger partial charge in [-0.1, -0.05) is 157 Å². The first-order valence-corrected chi connectivity index (χ1v) is 20.3. The van der Waals surface area contributed by atoms with Crippen molar-refractivity contribution in [1.29, 1.82) is 0 Å². The van der Waals surface area contributed by atoms with E-state index in [0.717, 1.165) is 13.1 Å². The average molecular weight is 685 g/mol. The van der Waals surface area contributed by atoms with Gasteiger partial charge in [-0.15, -0.1) is 0 Å². The summed E-state index contributed by atoms with van der Waals surface area (Å²) in [5.41, 5.74) is 22.5. The second kappa shape index (κ2) is 15.4. The van der Waals surface area contributed by atoms with Crippen molar-refractivity contribution < 1.29 is 0 Å². The number of anilines is 4. The van der Waals surface area contributed by atoms with Gasteiger partial charge in [-0.2, -0.15) is 0 Å². The van der Waals surface area contributed by atoms with E-state index in [1.807, 2.05) is 0 Å². The van der Waals surface area contributed by atoms with Crippen molar-refractivity contribution in [3.8, 4) is 0 Å². The molecule has 0 saturated carbocycles. The smallest absolute Gasteiger partial charge is 0.247 e. The first-order chi connectivity index (χ1) is 25.2. The lowest BCUT2D eigenvalue weighted by atomic mass is 9.31. The Balaban J connectivity index is 1.53. The van der Waals surface area contributed by atoms with E-state index in [1.165, 1.54) is 140 Å². The summed E-state index contributed by atoms with van der Waals surface area (Å²) in [6, 6.07) is 33.6. The third-order valence-corrected chi connectivity index (χ3v) is 12.0. The monoisotopic (exact) mass is 684 g/mol. The van der Waals surface area contributed by atoms with Crippen LogP contribution in [0.3, 0.4) is 0 Å². The molecule has 0 saturated heterocycles. The highest BCUT2D eigenvalue weighted by Gasteiger charge is 2.41. The van der Waals surface area contributed by atoms with Crippen molar-refractivity contribution in [3.63, 3.8) is 0 Å². The molecule has 0 aromatic heterocycles. The topological polar surface area (TPSA) is 6.48 Å². The summed E-state index contributed by atoms with van der Waals surface area (Å²) in [5, 5.41) is 0. The fourth-order valence-corrected chi connectivity index (χ4v) is 9.88. The Morgan fingerprint density at radius 1 is 0.404 bits per heavy atom. The number of para-hydroxylation sites is 2. The Labute approximate surface area is 315 Å². The molecule has 2 aliphatic rings. The molecule has 0 N–H and O–H groups in total. The number of unbranched alkanes of at least 4 members (excludes halogenated alkanes) is 6. The zero-order valence-corrected chi connectivity index (χ0v) is 33.2. The van der Waals surface area contributed by atoms with Crippen molar-refractivity contribution in [2.24, 2.45) is 0 Å². The average Bonchev–Trinajstić information content (AvgIpc) is 3.11. The fraction of sp³-hybridized carbons (Fsp3) is 0.375. The highest BCUT2D eigenvalue weighted by molar-refractivity contribution is 7.00. The molecule has 2 heterocycles. The normalized spacial score (nSPS) is 13.2. The van der Waals surface area contributed by atoms with E-state index in [9.17, 15) is 0 Å². The van der Waals surface area contributed by atoms with Crippen molar-refractivity contribution in [3.05, 3.63) is 118 Å². The molecule has 5 aromatic rings. The standard InChI is InChI=1S/C48H58B2N2/c1-9-11-13-19-25-51-43-23-17-15-21-39(43)49(47-35(5)27-33(3)28-36(47)6)41-32-46-42(31-45(41)51)50(48-37(7)29-34(4)30-38(48)8)40-22-16-18-24-44(40)52(46)26-20-14-12-10-2/h15-18,21-24,27-32H,9-14,19-20,25-26H2,1-8H3. The maximum atomic E-state index is 2.70. The van der Waals surface area contributed by atoms with Gasteiger partial charge in [-0.05, 0) is 101 Å². The highest BCUT2D eigenvalue weighted by Crippen LogP contribution is 2.35. The molecule has 0 fully saturated rings. The van der Waals surface area contributed by atoms with Crippen LogP contribution >= 0.6 is 0 Å². The third kappa shape index (κ3) is 6.63. The van der Waals surface area contributed by atoms with Gasteiger partial charge in [0, 0.05) is 35.8 Å². The molecule has 0 spiro atoms. The number of nitrogens with zero attached hydrogens (tertiary/aromatic N) is 2. The van der Waals surface area contributed by atoms with E-state index < -0.39 is 0 Å². The summed E-state index contributed by atoms with van der Waals surface area (Å²) < 4.78 is 0. The Morgan fingerprint density at radius 3 is 1.13 bits per heavy atom. The van der Waals surface area contributed by atoms with Gasteiger partial charge in [0.2, 0.25) is 13.4 Å². The largest absolute Gasteiger partial charge is 0.342 e. The van der Waals surface area contributed by atoms with Crippen LogP contribution in [-0.4, -0.2) is 26.5 Å². The highest BCUT2D eigenvalue weighted by atomic mass is 15.2. The van der Waals surface area contributed by atoms with Crippen LogP contribution in [0.2, 0.25) is 0 Å². The number of rotatable bonds is 12. The number of fused-ring (bicyclic) bond motifs is 4. The van der Waals surface area contributed by atoms with Crippen LogP contribution < -0.4 is 42.6 Å². The minimum Gasteiger partial charge on any atom is -0.342 e. The van der Waals surface area contributed by atoms with Gasteiger partial charge >= 0.3 is 0 Å². The first kappa shape index (κ1) is 36.2. The van der Waals surface area contributed by atoms with Crippen molar-refractivity contribution >= 4 is 69.0 Å². The van der Waals surface area contributed by atoms with Crippen LogP contribution in [0.1, 0.15) is 98.6 Å². The summed E-state index contributed by atoms with van der Waals surface area (Å²) in [6.45, 7) is 20.9. The maximum Gasteiger partial charge on any atom is 0.247 e. The lowest BCUT2D eigenvalue weighted by Gasteiger charge is -2.42. The van der Waals surface area contributed by atoms with E-state index in [-0.39, 0.29) is 13.4 Å². The molecule has 0 atom stereocenters. The molecule has 0 amide bonds. The zero-order chi connectivity index (χ0) is 36.5. The number of hydrogen-bond donors (Lipinski definition) is 0. The van der Waals surface area contributed by atoms with Crippen LogP contribution in [0.4, 0.5) is 22.7 Å². The SMILES string of the molecule is CCCCCCN1c2ccccc2B(c2c(C)cc(C)cc2C)c2cc3c(cc21)B(c1c(C)cc(C)cc1C)c1ccccc1N3CCCCCC. The number of hydrogen-bond acceptors (Lipinski definition) is 2. The van der Waals surface area contributed by atoms with Crippen LogP contribution in [0.5, 0.6) is 0 Å². The van der Waals surface area contributed by atoms with Gasteiger partial charge in [0.05, 0.1) is 0 Å². The molecular formula is C48H58B2N2. The molecule has 52 heavy (non-hydrogen) atoms. The summed E-state index contributed by atoms with van der Waals surface area (Å²) >= 11 is 0. The second-order valence-corrected chi connectivity index (χ2v) is 16.0. The fourth-order valence-electron chi connectivity index (χ4n) is 9.88. The lowest BCUT2D eigenvalue weighted by molar-refractivity contribution is 0.668. The van der Waals surface area contributed by atoms with Gasteiger partial charge in [-0.3, -0.25) is 0 Å². The minimum absolute atomic E-state index is 0.171. The third-order valence-electron chi connectivity index (χ3n) is 12.0. The van der Waals surface area contributed by atoms with Crippen molar-refractivity contribution in [1.82, 2.24) is 0 Å². The van der Waals surface area contributed by atoms with Gasteiger partial charge in [0.1, 0.15) is 0 Å². The Hall–Kier alpha value is -4.17. The molecule has 0 unspecified atom stereocenters. The van der Waals surface area contributed by atoms with Gasteiger partial charge < -0.3 is 9.80 Å². The van der Waals surface area contributed by atoms with E-state index >= 15 is 0 Å². The first-order valence-electron chi connectivity index (χ1n) is 20.3. The molecular weight excluding hydrogens is 626 g/mol. The quantitative estimate of drug-likeness (QED) is 0.0960. The molecule has 5 aromatic carbocycles. The molecule has 4 heteroatoms. The van der Waals surface area contributed by atoms with Crippen LogP contribution in [0.25, 0.3) is 0 Å². The molecule has 2 nitrogen and oxygen atoms in total. The van der Waals surface area contributed by atoms with Crippen LogP contribution in [0, 0.1) is 41.5 Å². The Bertz CT molecular complexity index is 1880. The Morgan fingerprint density at radius 2 is 0.769 bits per heavy atom. The molecule has 266 valence electrons. The molecule has 7 rings (SSSR count). The van der Waals surface area contributed by atoms with Crippen LogP contribution in [0.15, 0.2) is 84.9 Å². The number of benzene rings is 5. The van der Waals surface area contributed by atoms with Crippen LogP contribution in [-0.2, 0) is 0 Å². The minimum atomic E-state index is 0.171. The second-order valence-electron chi connectivity index (χ2n) is 16.0. The summed E-state index contributed by atoms with van der Waals surface area (Å²) in [4.78, 5) is 5.40. The van der Waals surface area contributed by atoms with Crippen molar-refractivity contribution in [2.45, 2.75) is 107 Å². The van der Waals surface area contributed by atoms with Gasteiger partial charge in [-0.25, -0.2) is 0 Å². The Kier molecular flexibility index (Phi) is 10.7. The van der Waals surface area contributed by atoms with E-state index in [4.69, 9.17) is 0 Å². The van der Waals surface area contributed by atoms with E-state index in [2.05, 4.69) is 150 Å². The van der Waals surface area contributed by atoms with Crippen molar-refractivity contribution in [2.75, 3.05) is 22.9 Å². The molecule has 0 radical (unpaired) electrons. The predicted octanol–water partition coefficient (Wildman–Crippen LogP) is 8.63. The molecule has 0 bridgehead atoms. The molecule has 0 aliphatic carbocycles. The predicted molar refractivity (Wildman–Crippen MR) is 232 cm³/mol. The maximum absolute atomic E-state index is 2.70. The van der Waals surface area contributed by atoms with Gasteiger partial charge in [0.25, 0.3) is 0 Å². The molecule has 2 aliphatic heterocycles. The van der Waals surface area contributed by atoms with E-state index in [1.54, 1.807) is 0 Å². The number of aryl methyl sites for hydroxylation is 6. The lowest BCUT2D eigenvalue weighted by Crippen LogP contribution is -2.63.